The van der Waals surface area contributed by atoms with Crippen molar-refractivity contribution in [2.24, 2.45) is 0 Å². The van der Waals surface area contributed by atoms with Crippen LogP contribution in [0.4, 0.5) is 11.8 Å². The summed E-state index contributed by atoms with van der Waals surface area (Å²) < 4.78 is 1.91. The van der Waals surface area contributed by atoms with Crippen molar-refractivity contribution in [1.29, 1.82) is 0 Å². The molecule has 164 valence electrons. The quantitative estimate of drug-likeness (QED) is 0.413. The number of aliphatic hydroxyl groups excluding tert-OH is 2. The first kappa shape index (κ1) is 21.3. The van der Waals surface area contributed by atoms with Crippen molar-refractivity contribution in [3.05, 3.63) is 48.3 Å². The van der Waals surface area contributed by atoms with E-state index in [2.05, 4.69) is 15.6 Å². The van der Waals surface area contributed by atoms with Crippen LogP contribution in [-0.4, -0.2) is 55.3 Å². The Morgan fingerprint density at radius 3 is 2.61 bits per heavy atom. The van der Waals surface area contributed by atoms with Crippen LogP contribution in [0, 0.1) is 6.92 Å². The van der Waals surface area contributed by atoms with E-state index in [0.29, 0.717) is 18.9 Å². The smallest absolute Gasteiger partial charge is 0.223 e. The Bertz CT molecular complexity index is 983. The van der Waals surface area contributed by atoms with Crippen LogP contribution in [0.25, 0.3) is 16.9 Å². The average molecular weight is 423 g/mol. The van der Waals surface area contributed by atoms with Gasteiger partial charge in [0, 0.05) is 25.4 Å². The van der Waals surface area contributed by atoms with E-state index >= 15 is 0 Å². The van der Waals surface area contributed by atoms with E-state index in [1.807, 2.05) is 48.0 Å². The molecule has 3 aromatic rings. The Balaban J connectivity index is 1.65. The highest BCUT2D eigenvalue weighted by Crippen LogP contribution is 2.32. The van der Waals surface area contributed by atoms with Gasteiger partial charge in [0.2, 0.25) is 5.95 Å². The van der Waals surface area contributed by atoms with E-state index in [1.165, 1.54) is 0 Å². The lowest BCUT2D eigenvalue weighted by Crippen LogP contribution is -2.28. The van der Waals surface area contributed by atoms with Crippen molar-refractivity contribution in [3.8, 4) is 16.9 Å². The van der Waals surface area contributed by atoms with Gasteiger partial charge < -0.3 is 20.8 Å². The van der Waals surface area contributed by atoms with Crippen LogP contribution in [0.3, 0.4) is 0 Å². The number of hydrogen-bond donors (Lipinski definition) is 4. The largest absolute Gasteiger partial charge is 0.396 e. The summed E-state index contributed by atoms with van der Waals surface area (Å²) in [5, 5.41) is 30.5. The molecule has 0 aliphatic heterocycles. The summed E-state index contributed by atoms with van der Waals surface area (Å²) in [6.45, 7) is 2.78. The highest BCUT2D eigenvalue weighted by Gasteiger charge is 2.22. The van der Waals surface area contributed by atoms with Crippen molar-refractivity contribution in [2.45, 2.75) is 51.2 Å². The molecule has 0 saturated heterocycles. The second-order valence-electron chi connectivity index (χ2n) is 7.98. The molecule has 0 spiro atoms. The zero-order valence-corrected chi connectivity index (χ0v) is 17.8. The van der Waals surface area contributed by atoms with Crippen LogP contribution in [0.5, 0.6) is 0 Å². The van der Waals surface area contributed by atoms with Gasteiger partial charge in [-0.15, -0.1) is 5.10 Å². The molecule has 8 heteroatoms. The van der Waals surface area contributed by atoms with Crippen LogP contribution in [0.2, 0.25) is 0 Å². The molecule has 1 saturated carbocycles. The van der Waals surface area contributed by atoms with Crippen molar-refractivity contribution >= 4 is 11.8 Å². The maximum atomic E-state index is 9.74. The third-order valence-corrected chi connectivity index (χ3v) is 5.69. The van der Waals surface area contributed by atoms with Crippen LogP contribution >= 0.6 is 0 Å². The lowest BCUT2D eigenvalue weighted by molar-refractivity contribution is 0.126. The molecule has 0 unspecified atom stereocenters. The number of hydrogen-bond acceptors (Lipinski definition) is 7. The summed E-state index contributed by atoms with van der Waals surface area (Å²) in [7, 11) is 0. The van der Waals surface area contributed by atoms with Crippen molar-refractivity contribution in [1.82, 2.24) is 19.7 Å². The molecule has 4 rings (SSSR count). The molecule has 1 aliphatic carbocycles. The van der Waals surface area contributed by atoms with Gasteiger partial charge in [0.15, 0.2) is 5.82 Å². The zero-order valence-electron chi connectivity index (χ0n) is 17.8. The zero-order chi connectivity index (χ0) is 21.6. The second-order valence-corrected chi connectivity index (χ2v) is 7.98. The first-order valence-corrected chi connectivity index (χ1v) is 10.9. The van der Waals surface area contributed by atoms with Gasteiger partial charge in [0.1, 0.15) is 0 Å². The lowest BCUT2D eigenvalue weighted by atomic mass is 9.93. The van der Waals surface area contributed by atoms with Gasteiger partial charge in [-0.2, -0.15) is 0 Å². The average Bonchev–Trinajstić information content (AvgIpc) is 3.12. The summed E-state index contributed by atoms with van der Waals surface area (Å²) in [4.78, 5) is 9.20. The first-order valence-electron chi connectivity index (χ1n) is 10.9. The number of nitrogens with zero attached hydrogens (tertiary/aromatic N) is 4. The molecule has 0 amide bonds. The fourth-order valence-corrected chi connectivity index (χ4v) is 4.01. The van der Waals surface area contributed by atoms with Gasteiger partial charge in [-0.1, -0.05) is 18.2 Å². The van der Waals surface area contributed by atoms with Crippen LogP contribution < -0.4 is 10.6 Å². The number of aliphatic hydroxyl groups is 2. The number of rotatable bonds is 8. The molecular formula is C23H30N6O2. The Labute approximate surface area is 182 Å². The Kier molecular flexibility index (Phi) is 6.79. The predicted molar refractivity (Wildman–Crippen MR) is 121 cm³/mol. The molecule has 2 aromatic heterocycles. The van der Waals surface area contributed by atoms with Crippen LogP contribution in [0.15, 0.2) is 42.6 Å². The number of nitrogens with one attached hydrogen (secondary N) is 2. The molecule has 2 heterocycles. The summed E-state index contributed by atoms with van der Waals surface area (Å²) in [6, 6.07) is 12.2. The Morgan fingerprint density at radius 1 is 1.10 bits per heavy atom. The number of benzene rings is 1. The minimum absolute atomic E-state index is 0.123. The Morgan fingerprint density at radius 2 is 1.87 bits per heavy atom. The van der Waals surface area contributed by atoms with Gasteiger partial charge in [-0.3, -0.25) is 0 Å². The van der Waals surface area contributed by atoms with E-state index < -0.39 is 0 Å². The monoisotopic (exact) mass is 422 g/mol. The topological polar surface area (TPSA) is 108 Å². The van der Waals surface area contributed by atoms with Crippen LogP contribution in [-0.2, 0) is 0 Å². The fourth-order valence-electron chi connectivity index (χ4n) is 4.01. The number of para-hydroxylation sites is 1. The van der Waals surface area contributed by atoms with Gasteiger partial charge >= 0.3 is 0 Å². The summed E-state index contributed by atoms with van der Waals surface area (Å²) in [5.41, 5.74) is 3.67. The normalized spacial score (nSPS) is 18.7. The molecule has 1 aliphatic rings. The molecule has 31 heavy (non-hydrogen) atoms. The molecule has 1 aromatic carbocycles. The Hall–Kier alpha value is -2.97. The number of aromatic nitrogens is 4. The summed E-state index contributed by atoms with van der Waals surface area (Å²) in [5.74, 6) is 1.33. The van der Waals surface area contributed by atoms with E-state index in [-0.39, 0.29) is 18.8 Å². The third kappa shape index (κ3) is 5.03. The highest BCUT2D eigenvalue weighted by atomic mass is 16.3. The molecule has 8 nitrogen and oxygen atoms in total. The highest BCUT2D eigenvalue weighted by molar-refractivity contribution is 5.76. The predicted octanol–water partition coefficient (Wildman–Crippen LogP) is 3.15. The van der Waals surface area contributed by atoms with Gasteiger partial charge in [-0.25, -0.2) is 14.6 Å². The minimum Gasteiger partial charge on any atom is -0.396 e. The van der Waals surface area contributed by atoms with E-state index in [9.17, 15) is 5.11 Å². The van der Waals surface area contributed by atoms with Crippen molar-refractivity contribution < 1.29 is 10.2 Å². The van der Waals surface area contributed by atoms with Crippen LogP contribution in [0.1, 0.15) is 37.8 Å². The first-order chi connectivity index (χ1) is 15.2. The summed E-state index contributed by atoms with van der Waals surface area (Å²) >= 11 is 0. The minimum atomic E-state index is -0.190. The maximum Gasteiger partial charge on any atom is 0.223 e. The molecule has 0 bridgehead atoms. The standard InChI is InChI=1S/C23H30N6O2/c1-16-21(20-12-14-25-23(27-20)26-17-8-10-19(31)11-9-17)22(24-13-5-15-30)28-29(16)18-6-3-2-4-7-18/h2-4,6-7,12,14,17,19,30-31H,5,8-11,13,15H2,1H3,(H,24,28)(H,25,26,27). The summed E-state index contributed by atoms with van der Waals surface area (Å²) in [6.07, 6.45) is 5.64. The third-order valence-electron chi connectivity index (χ3n) is 5.69. The van der Waals surface area contributed by atoms with E-state index in [1.54, 1.807) is 6.20 Å². The molecule has 0 atom stereocenters. The maximum absolute atomic E-state index is 9.74. The second kappa shape index (κ2) is 9.89. The fraction of sp³-hybridized carbons (Fsp3) is 0.435. The lowest BCUT2D eigenvalue weighted by Gasteiger charge is -2.26. The van der Waals surface area contributed by atoms with Gasteiger partial charge in [-0.05, 0) is 57.2 Å². The SMILES string of the molecule is Cc1c(-c2ccnc(NC3CCC(O)CC3)n2)c(NCCCO)nn1-c1ccccc1. The molecule has 0 radical (unpaired) electrons. The van der Waals surface area contributed by atoms with E-state index in [0.717, 1.165) is 54.1 Å². The van der Waals surface area contributed by atoms with Crippen molar-refractivity contribution in [2.75, 3.05) is 23.8 Å². The van der Waals surface area contributed by atoms with Crippen molar-refractivity contribution in [3.63, 3.8) is 0 Å². The molecular weight excluding hydrogens is 392 g/mol. The van der Waals surface area contributed by atoms with E-state index in [4.69, 9.17) is 15.2 Å². The molecule has 1 fully saturated rings. The van der Waals surface area contributed by atoms with Gasteiger partial charge in [0.25, 0.3) is 0 Å². The molecule has 4 N–H and O–H groups in total. The number of anilines is 2. The van der Waals surface area contributed by atoms with Gasteiger partial charge in [0.05, 0.1) is 28.7 Å².